The van der Waals surface area contributed by atoms with E-state index in [4.69, 9.17) is 16.3 Å². The van der Waals surface area contributed by atoms with Gasteiger partial charge >= 0.3 is 0 Å². The molecular formula is C9H10BrClO. The number of hydrogen-bond donors (Lipinski definition) is 0. The minimum absolute atomic E-state index is 0.684. The van der Waals surface area contributed by atoms with Gasteiger partial charge in [0.15, 0.2) is 0 Å². The van der Waals surface area contributed by atoms with Crippen LogP contribution in [0.3, 0.4) is 0 Å². The Labute approximate surface area is 85.8 Å². The lowest BCUT2D eigenvalue weighted by Crippen LogP contribution is -1.94. The van der Waals surface area contributed by atoms with Crippen LogP contribution < -0.4 is 4.74 Å². The fraction of sp³-hybridized carbons (Fsp3) is 0.333. The molecule has 66 valence electrons. The summed E-state index contributed by atoms with van der Waals surface area (Å²) in [5, 5.41) is 0.684. The highest BCUT2D eigenvalue weighted by atomic mass is 79.9. The minimum atomic E-state index is 0.684. The van der Waals surface area contributed by atoms with Crippen LogP contribution in [-0.4, -0.2) is 6.61 Å². The Hall–Kier alpha value is -0.210. The van der Waals surface area contributed by atoms with Crippen molar-refractivity contribution >= 4 is 27.5 Å². The van der Waals surface area contributed by atoms with Crippen molar-refractivity contribution in [3.05, 3.63) is 27.7 Å². The van der Waals surface area contributed by atoms with Gasteiger partial charge in [-0.1, -0.05) is 18.5 Å². The molecule has 0 saturated carbocycles. The summed E-state index contributed by atoms with van der Waals surface area (Å²) in [7, 11) is 0. The van der Waals surface area contributed by atoms with E-state index in [2.05, 4.69) is 22.9 Å². The van der Waals surface area contributed by atoms with E-state index < -0.39 is 0 Å². The van der Waals surface area contributed by atoms with E-state index in [1.165, 1.54) is 0 Å². The molecule has 1 nitrogen and oxygen atoms in total. The fourth-order valence-corrected chi connectivity index (χ4v) is 1.20. The number of ether oxygens (including phenoxy) is 1. The van der Waals surface area contributed by atoms with E-state index in [9.17, 15) is 0 Å². The van der Waals surface area contributed by atoms with E-state index in [0.717, 1.165) is 23.2 Å². The predicted octanol–water partition coefficient (Wildman–Crippen LogP) is 3.89. The highest BCUT2D eigenvalue weighted by Gasteiger charge is 1.98. The maximum Gasteiger partial charge on any atom is 0.120 e. The molecule has 0 fully saturated rings. The Morgan fingerprint density at radius 3 is 2.83 bits per heavy atom. The highest BCUT2D eigenvalue weighted by molar-refractivity contribution is 9.10. The average molecular weight is 250 g/mol. The van der Waals surface area contributed by atoms with Gasteiger partial charge < -0.3 is 4.74 Å². The van der Waals surface area contributed by atoms with Crippen molar-refractivity contribution in [3.8, 4) is 5.75 Å². The van der Waals surface area contributed by atoms with Gasteiger partial charge in [0.05, 0.1) is 11.6 Å². The number of halogens is 2. The maximum atomic E-state index is 5.87. The van der Waals surface area contributed by atoms with Crippen molar-refractivity contribution in [2.75, 3.05) is 6.61 Å². The van der Waals surface area contributed by atoms with Crippen LogP contribution in [0.4, 0.5) is 0 Å². The molecule has 0 aliphatic rings. The van der Waals surface area contributed by atoms with Crippen molar-refractivity contribution in [3.63, 3.8) is 0 Å². The molecule has 0 N–H and O–H groups in total. The number of rotatable bonds is 3. The summed E-state index contributed by atoms with van der Waals surface area (Å²) in [6.07, 6.45) is 1.01. The third-order valence-electron chi connectivity index (χ3n) is 1.36. The molecule has 0 aromatic heterocycles. The third-order valence-corrected chi connectivity index (χ3v) is 2.60. The Morgan fingerprint density at radius 2 is 2.25 bits per heavy atom. The average Bonchev–Trinajstić information content (AvgIpc) is 2.07. The first-order chi connectivity index (χ1) is 5.74. The normalized spacial score (nSPS) is 9.92. The monoisotopic (exact) mass is 248 g/mol. The maximum absolute atomic E-state index is 5.87. The van der Waals surface area contributed by atoms with Gasteiger partial charge in [-0.15, -0.1) is 0 Å². The van der Waals surface area contributed by atoms with Crippen molar-refractivity contribution in [1.29, 1.82) is 0 Å². The largest absolute Gasteiger partial charge is 0.494 e. The van der Waals surface area contributed by atoms with E-state index in [1.807, 2.05) is 12.1 Å². The van der Waals surface area contributed by atoms with Crippen molar-refractivity contribution in [2.24, 2.45) is 0 Å². The van der Waals surface area contributed by atoms with Gasteiger partial charge in [-0.25, -0.2) is 0 Å². The van der Waals surface area contributed by atoms with Crippen LogP contribution in [0.15, 0.2) is 22.7 Å². The standard InChI is InChI=1S/C9H10BrClO/c1-2-5-12-7-3-4-8(10)9(11)6-7/h3-4,6H,2,5H2,1H3. The molecule has 0 aliphatic heterocycles. The zero-order chi connectivity index (χ0) is 8.97. The Bertz CT molecular complexity index is 263. The lowest BCUT2D eigenvalue weighted by Gasteiger charge is -2.04. The van der Waals surface area contributed by atoms with E-state index in [1.54, 1.807) is 6.07 Å². The van der Waals surface area contributed by atoms with Crippen LogP contribution in [0.2, 0.25) is 5.02 Å². The van der Waals surface area contributed by atoms with Crippen molar-refractivity contribution < 1.29 is 4.74 Å². The summed E-state index contributed by atoms with van der Waals surface area (Å²) in [4.78, 5) is 0. The van der Waals surface area contributed by atoms with Crippen molar-refractivity contribution in [1.82, 2.24) is 0 Å². The van der Waals surface area contributed by atoms with Gasteiger partial charge in [0.25, 0.3) is 0 Å². The molecule has 12 heavy (non-hydrogen) atoms. The molecule has 0 radical (unpaired) electrons. The molecule has 0 unspecified atom stereocenters. The topological polar surface area (TPSA) is 9.23 Å². The lowest BCUT2D eigenvalue weighted by atomic mass is 10.3. The van der Waals surface area contributed by atoms with Gasteiger partial charge in [0.2, 0.25) is 0 Å². The first-order valence-corrected chi connectivity index (χ1v) is 4.99. The highest BCUT2D eigenvalue weighted by Crippen LogP contribution is 2.26. The second-order valence-corrected chi connectivity index (χ2v) is 3.69. The molecule has 0 atom stereocenters. The molecule has 0 amide bonds. The minimum Gasteiger partial charge on any atom is -0.494 e. The van der Waals surface area contributed by atoms with Crippen LogP contribution in [0.1, 0.15) is 13.3 Å². The van der Waals surface area contributed by atoms with E-state index in [-0.39, 0.29) is 0 Å². The summed E-state index contributed by atoms with van der Waals surface area (Å²) in [6, 6.07) is 5.58. The van der Waals surface area contributed by atoms with E-state index in [0.29, 0.717) is 5.02 Å². The lowest BCUT2D eigenvalue weighted by molar-refractivity contribution is 0.317. The molecule has 0 saturated heterocycles. The van der Waals surface area contributed by atoms with Gasteiger partial charge in [-0.2, -0.15) is 0 Å². The predicted molar refractivity (Wildman–Crippen MR) is 54.9 cm³/mol. The molecule has 0 spiro atoms. The summed E-state index contributed by atoms with van der Waals surface area (Å²) in [5.74, 6) is 0.824. The second kappa shape index (κ2) is 4.73. The summed E-state index contributed by atoms with van der Waals surface area (Å²) < 4.78 is 6.28. The molecular weight excluding hydrogens is 239 g/mol. The fourth-order valence-electron chi connectivity index (χ4n) is 0.787. The summed E-state index contributed by atoms with van der Waals surface area (Å²) >= 11 is 9.18. The van der Waals surface area contributed by atoms with Crippen LogP contribution in [0.25, 0.3) is 0 Å². The Morgan fingerprint density at radius 1 is 1.50 bits per heavy atom. The van der Waals surface area contributed by atoms with Gasteiger partial charge in [-0.3, -0.25) is 0 Å². The molecule has 0 heterocycles. The van der Waals surface area contributed by atoms with Gasteiger partial charge in [0, 0.05) is 4.47 Å². The number of benzene rings is 1. The second-order valence-electron chi connectivity index (χ2n) is 2.42. The smallest absolute Gasteiger partial charge is 0.120 e. The van der Waals surface area contributed by atoms with Crippen molar-refractivity contribution in [2.45, 2.75) is 13.3 Å². The first kappa shape index (κ1) is 9.87. The van der Waals surface area contributed by atoms with Crippen LogP contribution in [0.5, 0.6) is 5.75 Å². The molecule has 0 bridgehead atoms. The third kappa shape index (κ3) is 2.68. The number of hydrogen-bond acceptors (Lipinski definition) is 1. The van der Waals surface area contributed by atoms with Crippen LogP contribution >= 0.6 is 27.5 Å². The first-order valence-electron chi connectivity index (χ1n) is 3.82. The Kier molecular flexibility index (Phi) is 3.89. The zero-order valence-corrected chi connectivity index (χ0v) is 9.15. The molecule has 1 aromatic carbocycles. The summed E-state index contributed by atoms with van der Waals surface area (Å²) in [5.41, 5.74) is 0. The molecule has 0 aliphatic carbocycles. The van der Waals surface area contributed by atoms with E-state index >= 15 is 0 Å². The zero-order valence-electron chi connectivity index (χ0n) is 6.81. The quantitative estimate of drug-likeness (QED) is 0.790. The Balaban J connectivity index is 2.69. The molecule has 1 aromatic rings. The van der Waals surface area contributed by atoms with Crippen LogP contribution in [0, 0.1) is 0 Å². The molecule has 1 rings (SSSR count). The van der Waals surface area contributed by atoms with Crippen LogP contribution in [-0.2, 0) is 0 Å². The SMILES string of the molecule is CCCOc1ccc(Br)c(Cl)c1. The molecule has 3 heteroatoms. The van der Waals surface area contributed by atoms with Gasteiger partial charge in [0.1, 0.15) is 5.75 Å². The summed E-state index contributed by atoms with van der Waals surface area (Å²) in [6.45, 7) is 2.80. The van der Waals surface area contributed by atoms with Gasteiger partial charge in [-0.05, 0) is 40.5 Å².